The van der Waals surface area contributed by atoms with Crippen molar-refractivity contribution >= 4 is 11.8 Å². The third kappa shape index (κ3) is 4.07. The molecule has 2 rings (SSSR count). The second-order valence-electron chi connectivity index (χ2n) is 5.49. The fraction of sp³-hybridized carbons (Fsp3) is 0.600. The minimum Gasteiger partial charge on any atom is -0.378 e. The molecule has 2 heterocycles. The molecule has 0 aliphatic carbocycles. The molecular formula is C15H25N5O. The van der Waals surface area contributed by atoms with E-state index in [1.807, 2.05) is 50.3 Å². The highest BCUT2D eigenvalue weighted by Gasteiger charge is 2.15. The Kier molecular flexibility index (Phi) is 5.38. The lowest BCUT2D eigenvalue weighted by Gasteiger charge is -2.29. The summed E-state index contributed by atoms with van der Waals surface area (Å²) in [5, 5.41) is 0. The van der Waals surface area contributed by atoms with E-state index in [1.54, 1.807) is 0 Å². The second-order valence-corrected chi connectivity index (χ2v) is 5.49. The van der Waals surface area contributed by atoms with Crippen LogP contribution in [0.3, 0.4) is 0 Å². The van der Waals surface area contributed by atoms with Crippen LogP contribution < -0.4 is 4.90 Å². The van der Waals surface area contributed by atoms with E-state index in [9.17, 15) is 0 Å². The summed E-state index contributed by atoms with van der Waals surface area (Å²) < 4.78 is 5.41. The summed E-state index contributed by atoms with van der Waals surface area (Å²) >= 11 is 0. The minimum atomic E-state index is 0.631. The predicted octanol–water partition coefficient (Wildman–Crippen LogP) is 0.897. The van der Waals surface area contributed by atoms with Crippen molar-refractivity contribution in [3.63, 3.8) is 0 Å². The van der Waals surface area contributed by atoms with E-state index < -0.39 is 0 Å². The van der Waals surface area contributed by atoms with E-state index in [4.69, 9.17) is 9.73 Å². The summed E-state index contributed by atoms with van der Waals surface area (Å²) in [6.45, 7) is 3.94. The Morgan fingerprint density at radius 1 is 1.24 bits per heavy atom. The Balaban J connectivity index is 2.18. The molecule has 0 amide bonds. The molecule has 0 unspecified atom stereocenters. The highest BCUT2D eigenvalue weighted by atomic mass is 16.5. The zero-order valence-corrected chi connectivity index (χ0v) is 13.4. The first-order chi connectivity index (χ1) is 10.1. The van der Waals surface area contributed by atoms with Crippen LogP contribution in [0.25, 0.3) is 0 Å². The first-order valence-electron chi connectivity index (χ1n) is 7.25. The standard InChI is InChI=1S/C15H25N5O/c1-18(2)15(19(3)4)17-12-13-6-5-7-16-14(13)20-8-10-21-11-9-20/h5-7H,8-12H2,1-4H3. The summed E-state index contributed by atoms with van der Waals surface area (Å²) in [6, 6.07) is 4.07. The number of aromatic nitrogens is 1. The molecule has 0 spiro atoms. The maximum Gasteiger partial charge on any atom is 0.195 e. The molecule has 0 bridgehead atoms. The summed E-state index contributed by atoms with van der Waals surface area (Å²) in [7, 11) is 8.02. The van der Waals surface area contributed by atoms with E-state index in [2.05, 4.69) is 16.0 Å². The Hall–Kier alpha value is -1.82. The van der Waals surface area contributed by atoms with Gasteiger partial charge in [0.15, 0.2) is 5.96 Å². The lowest BCUT2D eigenvalue weighted by atomic mass is 10.2. The van der Waals surface area contributed by atoms with Gasteiger partial charge in [-0.1, -0.05) is 6.07 Å². The molecule has 1 aromatic rings. The quantitative estimate of drug-likeness (QED) is 0.611. The first kappa shape index (κ1) is 15.6. The van der Waals surface area contributed by atoms with Crippen molar-refractivity contribution in [3.8, 4) is 0 Å². The van der Waals surface area contributed by atoms with Gasteiger partial charge in [-0.05, 0) is 6.07 Å². The molecule has 0 N–H and O–H groups in total. The Morgan fingerprint density at radius 3 is 2.52 bits per heavy atom. The molecule has 0 aromatic carbocycles. The van der Waals surface area contributed by atoms with Crippen molar-refractivity contribution in [1.82, 2.24) is 14.8 Å². The number of guanidine groups is 1. The molecule has 21 heavy (non-hydrogen) atoms. The van der Waals surface area contributed by atoms with Gasteiger partial charge in [-0.15, -0.1) is 0 Å². The maximum atomic E-state index is 5.41. The van der Waals surface area contributed by atoms with Crippen LogP contribution in [-0.2, 0) is 11.3 Å². The van der Waals surface area contributed by atoms with Crippen molar-refractivity contribution in [2.75, 3.05) is 59.4 Å². The first-order valence-corrected chi connectivity index (χ1v) is 7.25. The molecule has 0 atom stereocenters. The number of aliphatic imine (C=N–C) groups is 1. The van der Waals surface area contributed by atoms with Gasteiger partial charge >= 0.3 is 0 Å². The number of pyridine rings is 1. The number of hydrogen-bond donors (Lipinski definition) is 0. The minimum absolute atomic E-state index is 0.631. The fourth-order valence-electron chi connectivity index (χ4n) is 2.45. The number of anilines is 1. The molecule has 1 fully saturated rings. The lowest BCUT2D eigenvalue weighted by molar-refractivity contribution is 0.122. The largest absolute Gasteiger partial charge is 0.378 e. The molecule has 1 aromatic heterocycles. The van der Waals surface area contributed by atoms with Crippen LogP contribution in [0.1, 0.15) is 5.56 Å². The number of rotatable bonds is 3. The Labute approximate surface area is 127 Å². The van der Waals surface area contributed by atoms with Gasteiger partial charge in [0.25, 0.3) is 0 Å². The van der Waals surface area contributed by atoms with E-state index >= 15 is 0 Å². The number of hydrogen-bond acceptors (Lipinski definition) is 4. The van der Waals surface area contributed by atoms with E-state index in [1.165, 1.54) is 0 Å². The van der Waals surface area contributed by atoms with Gasteiger partial charge in [0.2, 0.25) is 0 Å². The van der Waals surface area contributed by atoms with Crippen molar-refractivity contribution in [1.29, 1.82) is 0 Å². The van der Waals surface area contributed by atoms with Crippen LogP contribution >= 0.6 is 0 Å². The van der Waals surface area contributed by atoms with Crippen LogP contribution in [0.4, 0.5) is 5.82 Å². The Bertz CT molecular complexity index is 471. The van der Waals surface area contributed by atoms with Crippen molar-refractivity contribution in [2.24, 2.45) is 4.99 Å². The molecule has 6 nitrogen and oxygen atoms in total. The number of ether oxygens (including phenoxy) is 1. The number of morpholine rings is 1. The topological polar surface area (TPSA) is 44.2 Å². The third-order valence-electron chi connectivity index (χ3n) is 3.37. The second kappa shape index (κ2) is 7.26. The normalized spacial score (nSPS) is 14.8. The zero-order chi connectivity index (χ0) is 15.2. The summed E-state index contributed by atoms with van der Waals surface area (Å²) in [5.74, 6) is 1.98. The predicted molar refractivity (Wildman–Crippen MR) is 85.8 cm³/mol. The van der Waals surface area contributed by atoms with Crippen molar-refractivity contribution in [3.05, 3.63) is 23.9 Å². The van der Waals surface area contributed by atoms with E-state index in [0.29, 0.717) is 6.54 Å². The van der Waals surface area contributed by atoms with Crippen molar-refractivity contribution < 1.29 is 4.74 Å². The highest BCUT2D eigenvalue weighted by molar-refractivity contribution is 5.79. The van der Waals surface area contributed by atoms with Crippen LogP contribution in [0.15, 0.2) is 23.3 Å². The molecule has 1 aliphatic rings. The van der Waals surface area contributed by atoms with Gasteiger partial charge in [0.1, 0.15) is 5.82 Å². The van der Waals surface area contributed by atoms with Crippen LogP contribution in [-0.4, -0.2) is 75.2 Å². The van der Waals surface area contributed by atoms with Crippen LogP contribution in [0.2, 0.25) is 0 Å². The van der Waals surface area contributed by atoms with Gasteiger partial charge in [-0.3, -0.25) is 0 Å². The summed E-state index contributed by atoms with van der Waals surface area (Å²) in [4.78, 5) is 15.6. The molecule has 6 heteroatoms. The van der Waals surface area contributed by atoms with Gasteiger partial charge in [0, 0.05) is 53.0 Å². The average Bonchev–Trinajstić information content (AvgIpc) is 2.48. The van der Waals surface area contributed by atoms with Crippen LogP contribution in [0.5, 0.6) is 0 Å². The van der Waals surface area contributed by atoms with Gasteiger partial charge in [-0.25, -0.2) is 9.98 Å². The average molecular weight is 291 g/mol. The molecule has 0 radical (unpaired) electrons. The highest BCUT2D eigenvalue weighted by Crippen LogP contribution is 2.19. The van der Waals surface area contributed by atoms with E-state index in [-0.39, 0.29) is 0 Å². The molecule has 1 saturated heterocycles. The lowest BCUT2D eigenvalue weighted by Crippen LogP contribution is -2.37. The maximum absolute atomic E-state index is 5.41. The van der Waals surface area contributed by atoms with Gasteiger partial charge < -0.3 is 19.4 Å². The number of nitrogens with zero attached hydrogens (tertiary/aromatic N) is 5. The van der Waals surface area contributed by atoms with Crippen molar-refractivity contribution in [2.45, 2.75) is 6.54 Å². The van der Waals surface area contributed by atoms with Crippen LogP contribution in [0, 0.1) is 0 Å². The molecular weight excluding hydrogens is 266 g/mol. The SMILES string of the molecule is CN(C)C(=NCc1cccnc1N1CCOCC1)N(C)C. The summed E-state index contributed by atoms with van der Waals surface area (Å²) in [6.07, 6.45) is 1.84. The summed E-state index contributed by atoms with van der Waals surface area (Å²) in [5.41, 5.74) is 1.15. The zero-order valence-electron chi connectivity index (χ0n) is 13.4. The fourth-order valence-corrected chi connectivity index (χ4v) is 2.45. The monoisotopic (exact) mass is 291 g/mol. The smallest absolute Gasteiger partial charge is 0.195 e. The van der Waals surface area contributed by atoms with E-state index in [0.717, 1.165) is 43.6 Å². The molecule has 116 valence electrons. The Morgan fingerprint density at radius 2 is 1.90 bits per heavy atom. The van der Waals surface area contributed by atoms with Gasteiger partial charge in [0.05, 0.1) is 19.8 Å². The van der Waals surface area contributed by atoms with Gasteiger partial charge in [-0.2, -0.15) is 0 Å². The molecule has 0 saturated carbocycles. The third-order valence-corrected chi connectivity index (χ3v) is 3.37. The molecule has 1 aliphatic heterocycles.